The Morgan fingerprint density at radius 3 is 2.60 bits per heavy atom. The van der Waals surface area contributed by atoms with Crippen molar-refractivity contribution in [1.29, 1.82) is 0 Å². The van der Waals surface area contributed by atoms with E-state index < -0.39 is 0 Å². The van der Waals surface area contributed by atoms with Gasteiger partial charge in [-0.05, 0) is 42.9 Å². The molecule has 0 amide bonds. The third kappa shape index (κ3) is 3.01. The van der Waals surface area contributed by atoms with Crippen LogP contribution in [0.4, 0.5) is 5.82 Å². The summed E-state index contributed by atoms with van der Waals surface area (Å²) in [5, 5.41) is 0. The molecular weight excluding hydrogens is 305 g/mol. The van der Waals surface area contributed by atoms with Gasteiger partial charge in [0.05, 0.1) is 9.26 Å². The van der Waals surface area contributed by atoms with Crippen LogP contribution in [-0.2, 0) is 11.2 Å². The maximum absolute atomic E-state index is 5.82. The van der Waals surface area contributed by atoms with Gasteiger partial charge in [0.15, 0.2) is 5.82 Å². The number of rotatable bonds is 4. The van der Waals surface area contributed by atoms with Crippen molar-refractivity contribution >= 4 is 28.4 Å². The zero-order chi connectivity index (χ0) is 11.4. The lowest BCUT2D eigenvalue weighted by Gasteiger charge is -2.13. The Labute approximate surface area is 104 Å². The fourth-order valence-electron chi connectivity index (χ4n) is 1.27. The van der Waals surface area contributed by atoms with Crippen molar-refractivity contribution in [3.8, 4) is 0 Å². The molecule has 15 heavy (non-hydrogen) atoms. The fraction of sp³-hybridized carbons (Fsp3) is 0.600. The van der Waals surface area contributed by atoms with Crippen LogP contribution in [0.25, 0.3) is 0 Å². The van der Waals surface area contributed by atoms with Crippen LogP contribution in [0, 0.1) is 3.57 Å². The lowest BCUT2D eigenvalue weighted by atomic mass is 10.3. The Morgan fingerprint density at radius 2 is 2.07 bits per heavy atom. The SMILES string of the molecule is CCOC(C)c1nc(N)c(I)c(CC)n1. The molecule has 1 aromatic heterocycles. The van der Waals surface area contributed by atoms with E-state index >= 15 is 0 Å². The molecule has 0 radical (unpaired) electrons. The van der Waals surface area contributed by atoms with E-state index in [2.05, 4.69) is 39.5 Å². The van der Waals surface area contributed by atoms with Crippen LogP contribution in [0.15, 0.2) is 0 Å². The average molecular weight is 321 g/mol. The zero-order valence-electron chi connectivity index (χ0n) is 9.25. The van der Waals surface area contributed by atoms with E-state index in [1.807, 2.05) is 13.8 Å². The van der Waals surface area contributed by atoms with Crippen molar-refractivity contribution < 1.29 is 4.74 Å². The van der Waals surface area contributed by atoms with Gasteiger partial charge in [-0.25, -0.2) is 9.97 Å². The Balaban J connectivity index is 3.05. The Hall–Kier alpha value is -0.430. The van der Waals surface area contributed by atoms with E-state index in [0.717, 1.165) is 15.7 Å². The summed E-state index contributed by atoms with van der Waals surface area (Å²) in [5.41, 5.74) is 6.81. The summed E-state index contributed by atoms with van der Waals surface area (Å²) in [4.78, 5) is 8.68. The highest BCUT2D eigenvalue weighted by atomic mass is 127. The fourth-order valence-corrected chi connectivity index (χ4v) is 1.90. The molecule has 0 saturated carbocycles. The first-order valence-electron chi connectivity index (χ1n) is 5.03. The molecule has 0 saturated heterocycles. The molecule has 0 spiro atoms. The summed E-state index contributed by atoms with van der Waals surface area (Å²) < 4.78 is 6.39. The van der Waals surface area contributed by atoms with Gasteiger partial charge in [-0.1, -0.05) is 6.92 Å². The lowest BCUT2D eigenvalue weighted by molar-refractivity contribution is 0.0700. The molecule has 5 heteroatoms. The summed E-state index contributed by atoms with van der Waals surface area (Å²) in [5.74, 6) is 1.22. The molecular formula is C10H16IN3O. The summed E-state index contributed by atoms with van der Waals surface area (Å²) >= 11 is 2.18. The number of ether oxygens (including phenoxy) is 1. The number of nitrogens with two attached hydrogens (primary N) is 1. The molecule has 1 heterocycles. The first kappa shape index (κ1) is 12.6. The standard InChI is InChI=1S/C10H16IN3O/c1-4-7-8(11)9(12)14-10(13-7)6(3)15-5-2/h6H,4-5H2,1-3H3,(H2,12,13,14). The van der Waals surface area contributed by atoms with Crippen LogP contribution in [0.2, 0.25) is 0 Å². The van der Waals surface area contributed by atoms with Crippen LogP contribution >= 0.6 is 22.6 Å². The number of halogens is 1. The van der Waals surface area contributed by atoms with Crippen molar-refractivity contribution in [2.75, 3.05) is 12.3 Å². The highest BCUT2D eigenvalue weighted by Crippen LogP contribution is 2.20. The number of hydrogen-bond donors (Lipinski definition) is 1. The number of nitrogen functional groups attached to an aromatic ring is 1. The van der Waals surface area contributed by atoms with E-state index in [4.69, 9.17) is 10.5 Å². The van der Waals surface area contributed by atoms with Crippen molar-refractivity contribution in [3.63, 3.8) is 0 Å². The van der Waals surface area contributed by atoms with Gasteiger partial charge in [0.25, 0.3) is 0 Å². The van der Waals surface area contributed by atoms with E-state index in [0.29, 0.717) is 18.2 Å². The minimum absolute atomic E-state index is 0.0976. The van der Waals surface area contributed by atoms with E-state index in [1.54, 1.807) is 0 Å². The second-order valence-electron chi connectivity index (χ2n) is 3.18. The van der Waals surface area contributed by atoms with E-state index in [-0.39, 0.29) is 6.10 Å². The molecule has 1 unspecified atom stereocenters. The molecule has 0 aliphatic heterocycles. The predicted molar refractivity (Wildman–Crippen MR) is 68.6 cm³/mol. The van der Waals surface area contributed by atoms with Crippen molar-refractivity contribution in [3.05, 3.63) is 15.1 Å². The maximum atomic E-state index is 5.82. The molecule has 1 aromatic rings. The van der Waals surface area contributed by atoms with Gasteiger partial charge in [0.2, 0.25) is 0 Å². The van der Waals surface area contributed by atoms with Crippen LogP contribution in [0.5, 0.6) is 0 Å². The minimum Gasteiger partial charge on any atom is -0.383 e. The Morgan fingerprint density at radius 1 is 1.40 bits per heavy atom. The van der Waals surface area contributed by atoms with E-state index in [9.17, 15) is 0 Å². The summed E-state index contributed by atoms with van der Waals surface area (Å²) in [6.07, 6.45) is 0.760. The quantitative estimate of drug-likeness (QED) is 0.865. The van der Waals surface area contributed by atoms with Gasteiger partial charge in [-0.2, -0.15) is 0 Å². The monoisotopic (exact) mass is 321 g/mol. The number of aromatic nitrogens is 2. The van der Waals surface area contributed by atoms with Crippen molar-refractivity contribution in [1.82, 2.24) is 9.97 Å². The molecule has 0 aliphatic carbocycles. The van der Waals surface area contributed by atoms with Gasteiger partial charge in [-0.15, -0.1) is 0 Å². The van der Waals surface area contributed by atoms with Gasteiger partial charge in [0, 0.05) is 6.61 Å². The molecule has 84 valence electrons. The molecule has 4 nitrogen and oxygen atoms in total. The first-order valence-corrected chi connectivity index (χ1v) is 6.11. The molecule has 0 bridgehead atoms. The number of aryl methyl sites for hydroxylation is 1. The second-order valence-corrected chi connectivity index (χ2v) is 4.26. The molecule has 0 fully saturated rings. The molecule has 1 atom stereocenters. The summed E-state index contributed by atoms with van der Waals surface area (Å²) in [6.45, 7) is 6.59. The molecule has 0 aromatic carbocycles. The lowest BCUT2D eigenvalue weighted by Crippen LogP contribution is -2.11. The smallest absolute Gasteiger partial charge is 0.159 e. The predicted octanol–water partition coefficient (Wildman–Crippen LogP) is 2.32. The van der Waals surface area contributed by atoms with E-state index in [1.165, 1.54) is 0 Å². The molecule has 1 rings (SSSR count). The van der Waals surface area contributed by atoms with Gasteiger partial charge >= 0.3 is 0 Å². The van der Waals surface area contributed by atoms with Crippen molar-refractivity contribution in [2.24, 2.45) is 0 Å². The van der Waals surface area contributed by atoms with Gasteiger partial charge < -0.3 is 10.5 Å². The second kappa shape index (κ2) is 5.60. The maximum Gasteiger partial charge on any atom is 0.159 e. The number of nitrogens with zero attached hydrogens (tertiary/aromatic N) is 2. The van der Waals surface area contributed by atoms with Crippen molar-refractivity contribution in [2.45, 2.75) is 33.3 Å². The highest BCUT2D eigenvalue weighted by molar-refractivity contribution is 14.1. The Bertz CT molecular complexity index is 344. The Kier molecular flexibility index (Phi) is 4.72. The van der Waals surface area contributed by atoms with Crippen LogP contribution < -0.4 is 5.73 Å². The number of anilines is 1. The third-order valence-corrected chi connectivity index (χ3v) is 3.25. The van der Waals surface area contributed by atoms with Crippen LogP contribution in [0.3, 0.4) is 0 Å². The summed E-state index contributed by atoms with van der Waals surface area (Å²) in [6, 6.07) is 0. The normalized spacial score (nSPS) is 12.8. The summed E-state index contributed by atoms with van der Waals surface area (Å²) in [7, 11) is 0. The third-order valence-electron chi connectivity index (χ3n) is 2.08. The van der Waals surface area contributed by atoms with Crippen LogP contribution in [0.1, 0.15) is 38.4 Å². The molecule has 0 aliphatic rings. The first-order chi connectivity index (χ1) is 7.10. The van der Waals surface area contributed by atoms with Gasteiger partial charge in [-0.3, -0.25) is 0 Å². The number of hydrogen-bond acceptors (Lipinski definition) is 4. The minimum atomic E-state index is -0.0976. The van der Waals surface area contributed by atoms with Crippen LogP contribution in [-0.4, -0.2) is 16.6 Å². The largest absolute Gasteiger partial charge is 0.383 e. The van der Waals surface area contributed by atoms with Gasteiger partial charge in [0.1, 0.15) is 11.9 Å². The highest BCUT2D eigenvalue weighted by Gasteiger charge is 2.13. The average Bonchev–Trinajstić information content (AvgIpc) is 2.22. The topological polar surface area (TPSA) is 61.0 Å². The molecule has 2 N–H and O–H groups in total. The zero-order valence-corrected chi connectivity index (χ0v) is 11.4.